The average molecular weight is 192 g/mol. The largest absolute Gasteiger partial charge is 0.403 e. The molecular weight excluding hydrogens is 188 g/mol. The zero-order chi connectivity index (χ0) is 9.97. The second-order valence-electron chi connectivity index (χ2n) is 2.39. The zero-order valence-corrected chi connectivity index (χ0v) is 6.84. The van der Waals surface area contributed by atoms with Gasteiger partial charge in [0.05, 0.1) is 0 Å². The van der Waals surface area contributed by atoms with Crippen LogP contribution in [0, 0.1) is 0 Å². The highest BCUT2D eigenvalue weighted by Crippen LogP contribution is 2.01. The van der Waals surface area contributed by atoms with Crippen molar-refractivity contribution in [3.8, 4) is 0 Å². The fraction of sp³-hybridized carbons (Fsp3) is 0. The van der Waals surface area contributed by atoms with E-state index >= 15 is 0 Å². The summed E-state index contributed by atoms with van der Waals surface area (Å²) in [7, 11) is 0. The molecule has 6 nitrogen and oxygen atoms in total. The average Bonchev–Trinajstić information content (AvgIpc) is 2.72. The molecule has 0 aromatic heterocycles. The van der Waals surface area contributed by atoms with E-state index in [9.17, 15) is 9.59 Å². The Labute approximate surface area is 78.2 Å². The van der Waals surface area contributed by atoms with Gasteiger partial charge in [-0.2, -0.15) is 0 Å². The Kier molecular flexibility index (Phi) is 1.94. The molecule has 0 aromatic rings. The Morgan fingerprint density at radius 3 is 1.50 bits per heavy atom. The highest BCUT2D eigenvalue weighted by Gasteiger charge is 2.13. The molecule has 6 heteroatoms. The first-order valence-electron chi connectivity index (χ1n) is 3.69. The van der Waals surface area contributed by atoms with E-state index in [0.29, 0.717) is 0 Å². The zero-order valence-electron chi connectivity index (χ0n) is 6.84. The van der Waals surface area contributed by atoms with Gasteiger partial charge >= 0.3 is 11.9 Å². The SMILES string of the molecule is O=C1C=C/C(=N\N=C2/C=CC(=O)O2)O1. The smallest absolute Gasteiger partial charge is 0.337 e. The Morgan fingerprint density at radius 2 is 1.21 bits per heavy atom. The molecule has 0 radical (unpaired) electrons. The van der Waals surface area contributed by atoms with Crippen molar-refractivity contribution in [2.24, 2.45) is 10.2 Å². The van der Waals surface area contributed by atoms with Gasteiger partial charge in [0.15, 0.2) is 0 Å². The first-order chi connectivity index (χ1) is 6.74. The number of hydrogen-bond donors (Lipinski definition) is 0. The fourth-order valence-corrected chi connectivity index (χ4v) is 0.827. The molecule has 2 rings (SSSR count). The van der Waals surface area contributed by atoms with Gasteiger partial charge < -0.3 is 9.47 Å². The van der Waals surface area contributed by atoms with Crippen molar-refractivity contribution in [2.75, 3.05) is 0 Å². The highest BCUT2D eigenvalue weighted by atomic mass is 16.6. The molecule has 14 heavy (non-hydrogen) atoms. The molecule has 0 bridgehead atoms. The van der Waals surface area contributed by atoms with Crippen LogP contribution < -0.4 is 0 Å². The minimum absolute atomic E-state index is 0.0684. The van der Waals surface area contributed by atoms with E-state index in [1.807, 2.05) is 0 Å². The third-order valence-corrected chi connectivity index (χ3v) is 1.38. The molecule has 0 aliphatic carbocycles. The van der Waals surface area contributed by atoms with Crippen LogP contribution in [0.4, 0.5) is 0 Å². The molecule has 2 aliphatic heterocycles. The van der Waals surface area contributed by atoms with Crippen molar-refractivity contribution in [1.29, 1.82) is 0 Å². The topological polar surface area (TPSA) is 77.3 Å². The van der Waals surface area contributed by atoms with Gasteiger partial charge in [-0.15, -0.1) is 10.2 Å². The molecule has 0 amide bonds. The Balaban J connectivity index is 2.06. The van der Waals surface area contributed by atoms with Crippen LogP contribution in [-0.2, 0) is 19.1 Å². The van der Waals surface area contributed by atoms with Gasteiger partial charge in [0.2, 0.25) is 11.8 Å². The number of carbonyl (C=O) groups excluding carboxylic acids is 2. The van der Waals surface area contributed by atoms with Gasteiger partial charge in [-0.1, -0.05) is 0 Å². The summed E-state index contributed by atoms with van der Waals surface area (Å²) in [6, 6.07) is 0. The van der Waals surface area contributed by atoms with Gasteiger partial charge in [-0.25, -0.2) is 9.59 Å². The number of esters is 2. The summed E-state index contributed by atoms with van der Waals surface area (Å²) >= 11 is 0. The molecule has 2 heterocycles. The molecule has 0 atom stereocenters. The monoisotopic (exact) mass is 192 g/mol. The molecule has 0 N–H and O–H groups in total. The van der Waals surface area contributed by atoms with E-state index < -0.39 is 11.9 Å². The van der Waals surface area contributed by atoms with E-state index in [1.54, 1.807) is 0 Å². The maximum absolute atomic E-state index is 10.6. The number of ether oxygens (including phenoxy) is 2. The van der Waals surface area contributed by atoms with Gasteiger partial charge in [0.1, 0.15) is 0 Å². The molecule has 0 saturated carbocycles. The predicted octanol–water partition coefficient (Wildman–Crippen LogP) is -0.0756. The number of nitrogens with zero attached hydrogens (tertiary/aromatic N) is 2. The van der Waals surface area contributed by atoms with E-state index in [4.69, 9.17) is 0 Å². The molecular formula is C8H4N2O4. The Bertz CT molecular complexity index is 377. The van der Waals surface area contributed by atoms with Crippen LogP contribution in [0.1, 0.15) is 0 Å². The standard InChI is InChI=1S/C8H4N2O4/c11-7-3-1-5(13-7)9-10-6-2-4-8(12)14-6/h1-4H/b9-5+,10-6+. The van der Waals surface area contributed by atoms with Crippen LogP contribution in [0.2, 0.25) is 0 Å². The maximum atomic E-state index is 10.6. The van der Waals surface area contributed by atoms with Crippen molar-refractivity contribution >= 4 is 23.7 Å². The second-order valence-corrected chi connectivity index (χ2v) is 2.39. The van der Waals surface area contributed by atoms with Crippen LogP contribution in [0.25, 0.3) is 0 Å². The highest BCUT2D eigenvalue weighted by molar-refractivity contribution is 6.09. The fourth-order valence-electron chi connectivity index (χ4n) is 0.827. The van der Waals surface area contributed by atoms with Crippen LogP contribution >= 0.6 is 0 Å². The predicted molar refractivity (Wildman–Crippen MR) is 45.3 cm³/mol. The van der Waals surface area contributed by atoms with Crippen molar-refractivity contribution in [2.45, 2.75) is 0 Å². The number of hydrogen-bond acceptors (Lipinski definition) is 6. The lowest BCUT2D eigenvalue weighted by atomic mass is 10.5. The summed E-state index contributed by atoms with van der Waals surface area (Å²) in [6.45, 7) is 0. The summed E-state index contributed by atoms with van der Waals surface area (Å²) in [5, 5.41) is 7.07. The lowest BCUT2D eigenvalue weighted by Crippen LogP contribution is -2.01. The first-order valence-corrected chi connectivity index (χ1v) is 3.69. The Morgan fingerprint density at radius 1 is 0.786 bits per heavy atom. The molecule has 0 aromatic carbocycles. The molecule has 2 aliphatic rings. The lowest BCUT2D eigenvalue weighted by Gasteiger charge is -1.92. The normalized spacial score (nSPS) is 24.9. The summed E-state index contributed by atoms with van der Waals surface area (Å²) < 4.78 is 9.15. The number of cyclic esters (lactones) is 2. The quantitative estimate of drug-likeness (QED) is 0.430. The van der Waals surface area contributed by atoms with Gasteiger partial charge in [0.25, 0.3) is 0 Å². The molecule has 0 unspecified atom stereocenters. The van der Waals surface area contributed by atoms with Crippen molar-refractivity contribution < 1.29 is 19.1 Å². The van der Waals surface area contributed by atoms with E-state index in [2.05, 4.69) is 19.7 Å². The van der Waals surface area contributed by atoms with Crippen molar-refractivity contribution in [3.05, 3.63) is 24.3 Å². The van der Waals surface area contributed by atoms with Crippen LogP contribution in [0.3, 0.4) is 0 Å². The first kappa shape index (κ1) is 8.36. The third-order valence-electron chi connectivity index (χ3n) is 1.38. The Hall–Kier alpha value is -2.24. The van der Waals surface area contributed by atoms with Crippen molar-refractivity contribution in [3.63, 3.8) is 0 Å². The van der Waals surface area contributed by atoms with Crippen LogP contribution in [0.15, 0.2) is 34.5 Å². The van der Waals surface area contributed by atoms with Crippen LogP contribution in [0.5, 0.6) is 0 Å². The number of rotatable bonds is 1. The maximum Gasteiger partial charge on any atom is 0.337 e. The lowest BCUT2D eigenvalue weighted by molar-refractivity contribution is -0.130. The molecule has 70 valence electrons. The molecule has 0 saturated heterocycles. The van der Waals surface area contributed by atoms with E-state index in [-0.39, 0.29) is 11.8 Å². The molecule has 0 spiro atoms. The summed E-state index contributed by atoms with van der Waals surface area (Å²) in [5.74, 6) is -0.858. The van der Waals surface area contributed by atoms with Gasteiger partial charge in [-0.05, 0) is 0 Å². The summed E-state index contributed by atoms with van der Waals surface area (Å²) in [5.41, 5.74) is 0. The molecule has 0 fully saturated rings. The van der Waals surface area contributed by atoms with E-state index in [1.165, 1.54) is 24.3 Å². The second kappa shape index (κ2) is 3.25. The van der Waals surface area contributed by atoms with Crippen LogP contribution in [-0.4, -0.2) is 23.7 Å². The minimum Gasteiger partial charge on any atom is -0.403 e. The number of carbonyl (C=O) groups is 2. The van der Waals surface area contributed by atoms with E-state index in [0.717, 1.165) is 0 Å². The van der Waals surface area contributed by atoms with Crippen molar-refractivity contribution in [1.82, 2.24) is 0 Å². The van der Waals surface area contributed by atoms with Gasteiger partial charge in [0, 0.05) is 24.3 Å². The summed E-state index contributed by atoms with van der Waals surface area (Å²) in [6.07, 6.45) is 5.17. The summed E-state index contributed by atoms with van der Waals surface area (Å²) in [4.78, 5) is 21.1. The van der Waals surface area contributed by atoms with Gasteiger partial charge in [-0.3, -0.25) is 0 Å². The third kappa shape index (κ3) is 1.74. The minimum atomic E-state index is -0.497.